The highest BCUT2D eigenvalue weighted by molar-refractivity contribution is 5.86. The molecule has 0 radical (unpaired) electrons. The van der Waals surface area contributed by atoms with Crippen LogP contribution in [0.3, 0.4) is 0 Å². The topological polar surface area (TPSA) is 67.2 Å². The number of aromatic carboxylic acids is 1. The first-order chi connectivity index (χ1) is 8.13. The Hall–Kier alpha value is -1.62. The summed E-state index contributed by atoms with van der Waals surface area (Å²) in [5.41, 5.74) is 1.07. The monoisotopic (exact) mass is 235 g/mol. The van der Waals surface area contributed by atoms with Crippen LogP contribution in [0.25, 0.3) is 0 Å². The molecule has 0 saturated heterocycles. The Morgan fingerprint density at radius 3 is 3.18 bits per heavy atom. The molecule has 1 aromatic heterocycles. The number of hydrogen-bond donors (Lipinski definition) is 2. The quantitative estimate of drug-likeness (QED) is 0.763. The molecule has 1 aliphatic rings. The zero-order valence-corrected chi connectivity index (χ0v) is 9.94. The molecule has 5 heteroatoms. The molecule has 1 atom stereocenters. The lowest BCUT2D eigenvalue weighted by Gasteiger charge is -2.25. The summed E-state index contributed by atoms with van der Waals surface area (Å²) in [4.78, 5) is 15.2. The molecule has 2 N–H and O–H groups in total. The molecule has 5 nitrogen and oxygen atoms in total. The van der Waals surface area contributed by atoms with Crippen molar-refractivity contribution in [2.45, 2.75) is 32.4 Å². The Morgan fingerprint density at radius 1 is 1.76 bits per heavy atom. The van der Waals surface area contributed by atoms with Crippen molar-refractivity contribution in [2.24, 2.45) is 0 Å². The third kappa shape index (κ3) is 2.24. The van der Waals surface area contributed by atoms with Gasteiger partial charge in [0, 0.05) is 19.1 Å². The lowest BCUT2D eigenvalue weighted by molar-refractivity contribution is 0.0689. The Balaban J connectivity index is 2.21. The summed E-state index contributed by atoms with van der Waals surface area (Å²) in [5.74, 6) is -0.151. The van der Waals surface area contributed by atoms with Gasteiger partial charge in [-0.1, -0.05) is 6.08 Å². The van der Waals surface area contributed by atoms with Gasteiger partial charge in [0.15, 0.2) is 5.69 Å². The summed E-state index contributed by atoms with van der Waals surface area (Å²) >= 11 is 0. The number of fused-ring (bicyclic) bond motifs is 1. The third-order valence-electron chi connectivity index (χ3n) is 3.15. The standard InChI is InChI=1S/C12H17N3O2/c1-3-6-13-9-4-5-10-11(12(16)17)14-8(2)15(10)7-9/h3,9,13H,1,4-7H2,2H3,(H,16,17). The maximum Gasteiger partial charge on any atom is 0.356 e. The predicted molar refractivity (Wildman–Crippen MR) is 64.2 cm³/mol. The average molecular weight is 235 g/mol. The van der Waals surface area contributed by atoms with Crippen molar-refractivity contribution in [3.8, 4) is 0 Å². The highest BCUT2D eigenvalue weighted by atomic mass is 16.4. The maximum atomic E-state index is 11.0. The van der Waals surface area contributed by atoms with Crippen LogP contribution >= 0.6 is 0 Å². The molecule has 92 valence electrons. The van der Waals surface area contributed by atoms with E-state index in [2.05, 4.69) is 16.9 Å². The first kappa shape index (κ1) is 11.9. The molecule has 1 unspecified atom stereocenters. The number of aromatic nitrogens is 2. The number of aryl methyl sites for hydroxylation is 1. The molecular formula is C12H17N3O2. The minimum atomic E-state index is -0.931. The molecule has 1 aromatic rings. The van der Waals surface area contributed by atoms with Gasteiger partial charge in [-0.25, -0.2) is 9.78 Å². The van der Waals surface area contributed by atoms with Crippen LogP contribution < -0.4 is 5.32 Å². The predicted octanol–water partition coefficient (Wildman–Crippen LogP) is 0.980. The largest absolute Gasteiger partial charge is 0.476 e. The van der Waals surface area contributed by atoms with E-state index in [9.17, 15) is 4.79 Å². The average Bonchev–Trinajstić information content (AvgIpc) is 2.64. The molecule has 0 amide bonds. The Bertz CT molecular complexity index is 451. The van der Waals surface area contributed by atoms with Crippen LogP contribution in [0.1, 0.15) is 28.4 Å². The summed E-state index contributed by atoms with van der Waals surface area (Å²) in [6.07, 6.45) is 3.54. The second-order valence-electron chi connectivity index (χ2n) is 4.30. The van der Waals surface area contributed by atoms with Crippen molar-refractivity contribution in [1.82, 2.24) is 14.9 Å². The van der Waals surface area contributed by atoms with E-state index in [1.807, 2.05) is 17.6 Å². The van der Waals surface area contributed by atoms with Crippen LogP contribution in [0.5, 0.6) is 0 Å². The number of carboxylic acids is 1. The summed E-state index contributed by atoms with van der Waals surface area (Å²) in [7, 11) is 0. The van der Waals surface area contributed by atoms with E-state index >= 15 is 0 Å². The summed E-state index contributed by atoms with van der Waals surface area (Å²) < 4.78 is 2.01. The molecule has 17 heavy (non-hydrogen) atoms. The van der Waals surface area contributed by atoms with Crippen molar-refractivity contribution in [1.29, 1.82) is 0 Å². The fourth-order valence-electron chi connectivity index (χ4n) is 2.32. The molecule has 0 saturated carbocycles. The van der Waals surface area contributed by atoms with E-state index in [0.29, 0.717) is 6.04 Å². The van der Waals surface area contributed by atoms with Crippen LogP contribution in [-0.4, -0.2) is 33.2 Å². The van der Waals surface area contributed by atoms with Crippen molar-refractivity contribution >= 4 is 5.97 Å². The van der Waals surface area contributed by atoms with E-state index in [-0.39, 0.29) is 5.69 Å². The Labute approximate surface area is 100 Å². The zero-order chi connectivity index (χ0) is 12.4. The van der Waals surface area contributed by atoms with Gasteiger partial charge in [0.05, 0.1) is 5.69 Å². The Morgan fingerprint density at radius 2 is 2.53 bits per heavy atom. The zero-order valence-electron chi connectivity index (χ0n) is 9.94. The molecule has 2 heterocycles. The smallest absolute Gasteiger partial charge is 0.356 e. The van der Waals surface area contributed by atoms with Gasteiger partial charge < -0.3 is 15.0 Å². The summed E-state index contributed by atoms with van der Waals surface area (Å²) in [5, 5.41) is 12.4. The highest BCUT2D eigenvalue weighted by Crippen LogP contribution is 2.20. The lowest BCUT2D eigenvalue weighted by atomic mass is 10.0. The van der Waals surface area contributed by atoms with Gasteiger partial charge in [-0.05, 0) is 19.8 Å². The van der Waals surface area contributed by atoms with E-state index in [4.69, 9.17) is 5.11 Å². The fourth-order valence-corrected chi connectivity index (χ4v) is 2.32. The van der Waals surface area contributed by atoms with Crippen molar-refractivity contribution in [2.75, 3.05) is 6.54 Å². The third-order valence-corrected chi connectivity index (χ3v) is 3.15. The normalized spacial score (nSPS) is 18.8. The number of hydrogen-bond acceptors (Lipinski definition) is 3. The molecule has 0 aliphatic carbocycles. The fraction of sp³-hybridized carbons (Fsp3) is 0.500. The maximum absolute atomic E-state index is 11.0. The minimum absolute atomic E-state index is 0.213. The van der Waals surface area contributed by atoms with Crippen LogP contribution in [-0.2, 0) is 13.0 Å². The molecular weight excluding hydrogens is 218 g/mol. The first-order valence-corrected chi connectivity index (χ1v) is 5.77. The number of nitrogens with zero attached hydrogens (tertiary/aromatic N) is 2. The second-order valence-corrected chi connectivity index (χ2v) is 4.30. The summed E-state index contributed by atoms with van der Waals surface area (Å²) in [6.45, 7) is 7.09. The second kappa shape index (κ2) is 4.71. The molecule has 1 aliphatic heterocycles. The number of rotatable bonds is 4. The molecule has 0 fully saturated rings. The number of carboxylic acid groups (broad SMARTS) is 1. The van der Waals surface area contributed by atoms with Crippen LogP contribution in [0, 0.1) is 6.92 Å². The van der Waals surface area contributed by atoms with Gasteiger partial charge >= 0.3 is 5.97 Å². The number of carbonyl (C=O) groups is 1. The minimum Gasteiger partial charge on any atom is -0.476 e. The van der Waals surface area contributed by atoms with Gasteiger partial charge in [-0.15, -0.1) is 6.58 Å². The number of imidazole rings is 1. The van der Waals surface area contributed by atoms with Crippen molar-refractivity contribution in [3.05, 3.63) is 29.9 Å². The number of nitrogens with one attached hydrogen (secondary N) is 1. The molecule has 2 rings (SSSR count). The van der Waals surface area contributed by atoms with E-state index < -0.39 is 5.97 Å². The van der Waals surface area contributed by atoms with E-state index in [1.165, 1.54) is 0 Å². The van der Waals surface area contributed by atoms with E-state index in [1.54, 1.807) is 0 Å². The Kier molecular flexibility index (Phi) is 3.28. The van der Waals surface area contributed by atoms with Crippen LogP contribution in [0.4, 0.5) is 0 Å². The van der Waals surface area contributed by atoms with Crippen LogP contribution in [0.2, 0.25) is 0 Å². The van der Waals surface area contributed by atoms with Crippen LogP contribution in [0.15, 0.2) is 12.7 Å². The summed E-state index contributed by atoms with van der Waals surface area (Å²) in [6, 6.07) is 0.370. The molecule has 0 bridgehead atoms. The SMILES string of the molecule is C=CCNC1CCc2c(C(=O)O)nc(C)n2C1. The van der Waals surface area contributed by atoms with Gasteiger partial charge in [0.1, 0.15) is 5.82 Å². The van der Waals surface area contributed by atoms with Gasteiger partial charge in [-0.3, -0.25) is 0 Å². The first-order valence-electron chi connectivity index (χ1n) is 5.77. The van der Waals surface area contributed by atoms with Gasteiger partial charge in [-0.2, -0.15) is 0 Å². The van der Waals surface area contributed by atoms with E-state index in [0.717, 1.165) is 37.4 Å². The lowest BCUT2D eigenvalue weighted by Crippen LogP contribution is -2.37. The van der Waals surface area contributed by atoms with Crippen molar-refractivity contribution in [3.63, 3.8) is 0 Å². The highest BCUT2D eigenvalue weighted by Gasteiger charge is 2.26. The molecule has 0 spiro atoms. The van der Waals surface area contributed by atoms with Gasteiger partial charge in [0.2, 0.25) is 0 Å². The van der Waals surface area contributed by atoms with Crippen molar-refractivity contribution < 1.29 is 9.90 Å². The van der Waals surface area contributed by atoms with Gasteiger partial charge in [0.25, 0.3) is 0 Å². The molecule has 0 aromatic carbocycles.